The summed E-state index contributed by atoms with van der Waals surface area (Å²) in [6, 6.07) is 10.5. The summed E-state index contributed by atoms with van der Waals surface area (Å²) in [7, 11) is 1.33. The Morgan fingerprint density at radius 2 is 1.81 bits per heavy atom. The van der Waals surface area contributed by atoms with Crippen LogP contribution in [-0.2, 0) is 9.53 Å². The van der Waals surface area contributed by atoms with E-state index in [0.29, 0.717) is 12.5 Å². The highest BCUT2D eigenvalue weighted by Gasteiger charge is 2.47. The van der Waals surface area contributed by atoms with Crippen molar-refractivity contribution in [2.75, 3.05) is 26.7 Å². The number of benzene rings is 1. The van der Waals surface area contributed by atoms with E-state index in [9.17, 15) is 9.59 Å². The van der Waals surface area contributed by atoms with Gasteiger partial charge >= 0.3 is 6.09 Å². The van der Waals surface area contributed by atoms with Crippen LogP contribution in [0.3, 0.4) is 0 Å². The van der Waals surface area contributed by atoms with Gasteiger partial charge in [0.2, 0.25) is 5.91 Å². The molecule has 1 saturated heterocycles. The number of nitrogens with one attached hydrogen (secondary N) is 1. The first-order valence-corrected chi connectivity index (χ1v) is 9.61. The van der Waals surface area contributed by atoms with E-state index in [2.05, 4.69) is 48.2 Å². The fourth-order valence-electron chi connectivity index (χ4n) is 3.36. The highest BCUT2D eigenvalue weighted by molar-refractivity contribution is 5.80. The van der Waals surface area contributed by atoms with Crippen LogP contribution < -0.4 is 5.32 Å². The van der Waals surface area contributed by atoms with Gasteiger partial charge in [-0.05, 0) is 36.2 Å². The SMILES string of the molecule is CC(C)c1ccccc1.CCC(CNC(=O)OC)C(=O)N1CC2CC2C1. The minimum atomic E-state index is -0.472. The van der Waals surface area contributed by atoms with Crippen molar-refractivity contribution in [2.45, 2.75) is 39.5 Å². The van der Waals surface area contributed by atoms with Gasteiger partial charge in [0.15, 0.2) is 0 Å². The Hall–Kier alpha value is -2.04. The summed E-state index contributed by atoms with van der Waals surface area (Å²) < 4.78 is 4.50. The number of fused-ring (bicyclic) bond motifs is 1. The molecule has 5 heteroatoms. The normalized spacial score (nSPS) is 21.3. The molecule has 0 spiro atoms. The molecule has 3 rings (SSSR count). The Bertz CT molecular complexity index is 578. The number of hydrogen-bond acceptors (Lipinski definition) is 3. The Labute approximate surface area is 157 Å². The third-order valence-corrected chi connectivity index (χ3v) is 5.28. The molecule has 1 aliphatic carbocycles. The maximum absolute atomic E-state index is 12.2. The second kappa shape index (κ2) is 9.60. The highest BCUT2D eigenvalue weighted by atomic mass is 16.5. The minimum Gasteiger partial charge on any atom is -0.453 e. The van der Waals surface area contributed by atoms with Gasteiger partial charge in [0.1, 0.15) is 0 Å². The molecule has 2 aliphatic rings. The first kappa shape index (κ1) is 20.3. The first-order valence-electron chi connectivity index (χ1n) is 9.61. The predicted octanol–water partition coefficient (Wildman–Crippen LogP) is 3.66. The van der Waals surface area contributed by atoms with Crippen LogP contribution in [0, 0.1) is 17.8 Å². The van der Waals surface area contributed by atoms with E-state index in [4.69, 9.17) is 0 Å². The summed E-state index contributed by atoms with van der Waals surface area (Å²) in [5.41, 5.74) is 1.41. The van der Waals surface area contributed by atoms with Crippen molar-refractivity contribution >= 4 is 12.0 Å². The summed E-state index contributed by atoms with van der Waals surface area (Å²) >= 11 is 0. The molecule has 1 saturated carbocycles. The topological polar surface area (TPSA) is 58.6 Å². The van der Waals surface area contributed by atoms with Crippen LogP contribution in [-0.4, -0.2) is 43.6 Å². The van der Waals surface area contributed by atoms with Gasteiger partial charge < -0.3 is 15.0 Å². The number of hydrogen-bond donors (Lipinski definition) is 1. The second-order valence-corrected chi connectivity index (χ2v) is 7.54. The molecule has 3 unspecified atom stereocenters. The van der Waals surface area contributed by atoms with Crippen LogP contribution in [0.1, 0.15) is 45.1 Å². The van der Waals surface area contributed by atoms with Gasteiger partial charge in [0.25, 0.3) is 0 Å². The van der Waals surface area contributed by atoms with Crippen molar-refractivity contribution in [3.05, 3.63) is 35.9 Å². The molecule has 2 fully saturated rings. The number of piperidine rings is 1. The predicted molar refractivity (Wildman–Crippen MR) is 103 cm³/mol. The third kappa shape index (κ3) is 5.75. The first-order chi connectivity index (χ1) is 12.5. The molecular formula is C21H32N2O3. The largest absolute Gasteiger partial charge is 0.453 e. The van der Waals surface area contributed by atoms with E-state index in [1.54, 1.807) is 0 Å². The number of carbonyl (C=O) groups is 2. The Morgan fingerprint density at radius 1 is 1.19 bits per heavy atom. The maximum Gasteiger partial charge on any atom is 0.406 e. The van der Waals surface area contributed by atoms with Crippen LogP contribution in [0.15, 0.2) is 30.3 Å². The van der Waals surface area contributed by atoms with E-state index in [1.165, 1.54) is 19.1 Å². The number of likely N-dealkylation sites (tertiary alicyclic amines) is 1. The summed E-state index contributed by atoms with van der Waals surface area (Å²) in [6.45, 7) is 8.58. The van der Waals surface area contributed by atoms with E-state index >= 15 is 0 Å². The van der Waals surface area contributed by atoms with E-state index in [0.717, 1.165) is 31.3 Å². The van der Waals surface area contributed by atoms with Crippen molar-refractivity contribution in [1.29, 1.82) is 0 Å². The van der Waals surface area contributed by atoms with Crippen LogP contribution in [0.4, 0.5) is 4.79 Å². The fraction of sp³-hybridized carbons (Fsp3) is 0.619. The van der Waals surface area contributed by atoms with E-state index in [1.807, 2.05) is 17.9 Å². The van der Waals surface area contributed by atoms with Crippen molar-refractivity contribution in [3.63, 3.8) is 0 Å². The molecule has 3 atom stereocenters. The van der Waals surface area contributed by atoms with E-state index in [-0.39, 0.29) is 11.8 Å². The molecular weight excluding hydrogens is 328 g/mol. The van der Waals surface area contributed by atoms with Crippen LogP contribution in [0.25, 0.3) is 0 Å². The molecule has 1 N–H and O–H groups in total. The zero-order valence-corrected chi connectivity index (χ0v) is 16.4. The number of methoxy groups -OCH3 is 1. The highest BCUT2D eigenvalue weighted by Crippen LogP contribution is 2.45. The Morgan fingerprint density at radius 3 is 2.27 bits per heavy atom. The number of amides is 2. The molecule has 1 heterocycles. The zero-order chi connectivity index (χ0) is 19.1. The van der Waals surface area contributed by atoms with Gasteiger partial charge in [-0.2, -0.15) is 0 Å². The number of nitrogens with zero attached hydrogens (tertiary/aromatic N) is 1. The standard InChI is InChI=1S/C12H20N2O3.C9H12/c1-3-8(5-13-12(16)17-2)11(15)14-6-9-4-10(9)7-14;1-8(2)9-6-4-3-5-7-9/h8-10H,3-7H2,1-2H3,(H,13,16);3-8H,1-2H3. The lowest BCUT2D eigenvalue weighted by atomic mass is 10.0. The van der Waals surface area contributed by atoms with Crippen LogP contribution in [0.5, 0.6) is 0 Å². The van der Waals surface area contributed by atoms with Crippen LogP contribution >= 0.6 is 0 Å². The number of carbonyl (C=O) groups excluding carboxylic acids is 2. The monoisotopic (exact) mass is 360 g/mol. The van der Waals surface area contributed by atoms with Gasteiger partial charge in [0.05, 0.1) is 13.0 Å². The quantitative estimate of drug-likeness (QED) is 0.872. The smallest absolute Gasteiger partial charge is 0.406 e. The molecule has 144 valence electrons. The Balaban J connectivity index is 0.000000228. The average molecular weight is 360 g/mol. The minimum absolute atomic E-state index is 0.119. The van der Waals surface area contributed by atoms with Gasteiger partial charge in [-0.1, -0.05) is 51.1 Å². The molecule has 2 amide bonds. The molecule has 1 aliphatic heterocycles. The van der Waals surface area contributed by atoms with Crippen molar-refractivity contribution in [3.8, 4) is 0 Å². The number of rotatable bonds is 5. The lowest BCUT2D eigenvalue weighted by molar-refractivity contribution is -0.134. The summed E-state index contributed by atoms with van der Waals surface area (Å²) in [6.07, 6.45) is 1.57. The van der Waals surface area contributed by atoms with Gasteiger partial charge in [-0.15, -0.1) is 0 Å². The summed E-state index contributed by atoms with van der Waals surface area (Å²) in [5.74, 6) is 2.23. The number of alkyl carbamates (subject to hydrolysis) is 1. The van der Waals surface area contributed by atoms with Gasteiger partial charge in [0, 0.05) is 19.6 Å². The average Bonchev–Trinajstić information content (AvgIpc) is 3.28. The lowest BCUT2D eigenvalue weighted by Crippen LogP contribution is -2.41. The molecule has 0 aromatic heterocycles. The molecule has 1 aromatic rings. The third-order valence-electron chi connectivity index (χ3n) is 5.28. The summed E-state index contributed by atoms with van der Waals surface area (Å²) in [5, 5.41) is 2.60. The van der Waals surface area contributed by atoms with E-state index < -0.39 is 6.09 Å². The maximum atomic E-state index is 12.2. The van der Waals surface area contributed by atoms with Crippen molar-refractivity contribution < 1.29 is 14.3 Å². The van der Waals surface area contributed by atoms with Gasteiger partial charge in [-0.3, -0.25) is 4.79 Å². The molecule has 5 nitrogen and oxygen atoms in total. The molecule has 0 bridgehead atoms. The lowest BCUT2D eigenvalue weighted by Gasteiger charge is -2.23. The van der Waals surface area contributed by atoms with Gasteiger partial charge in [-0.25, -0.2) is 4.79 Å². The molecule has 26 heavy (non-hydrogen) atoms. The zero-order valence-electron chi connectivity index (χ0n) is 16.4. The Kier molecular flexibility index (Phi) is 7.49. The van der Waals surface area contributed by atoms with Crippen LogP contribution in [0.2, 0.25) is 0 Å². The molecule has 1 aromatic carbocycles. The van der Waals surface area contributed by atoms with Crippen molar-refractivity contribution in [1.82, 2.24) is 10.2 Å². The number of ether oxygens (including phenoxy) is 1. The molecule has 0 radical (unpaired) electrons. The van der Waals surface area contributed by atoms with Crippen molar-refractivity contribution in [2.24, 2.45) is 17.8 Å². The summed E-state index contributed by atoms with van der Waals surface area (Å²) in [4.78, 5) is 25.1. The fourth-order valence-corrected chi connectivity index (χ4v) is 3.36. The second-order valence-electron chi connectivity index (χ2n) is 7.54.